The molecule has 0 unspecified atom stereocenters. The van der Waals surface area contributed by atoms with Gasteiger partial charge in [0.15, 0.2) is 5.78 Å². The summed E-state index contributed by atoms with van der Waals surface area (Å²) in [4.78, 5) is 26.6. The van der Waals surface area contributed by atoms with Gasteiger partial charge in [-0.3, -0.25) is 4.79 Å². The first-order chi connectivity index (χ1) is 17.4. The molecular formula is C30H34ClNO5. The minimum atomic E-state index is -0.678. The van der Waals surface area contributed by atoms with Crippen molar-refractivity contribution in [3.8, 4) is 5.75 Å². The number of carbonyl (C=O) groups excluding carboxylic acids is 2. The molecule has 0 saturated heterocycles. The number of benzene rings is 2. The molecular weight excluding hydrogens is 490 g/mol. The Labute approximate surface area is 223 Å². The monoisotopic (exact) mass is 523 g/mol. The molecule has 1 heterocycles. The maximum absolute atomic E-state index is 13.5. The Kier molecular flexibility index (Phi) is 7.43. The van der Waals surface area contributed by atoms with E-state index in [-0.39, 0.29) is 29.3 Å². The van der Waals surface area contributed by atoms with E-state index in [4.69, 9.17) is 31.5 Å². The van der Waals surface area contributed by atoms with Crippen LogP contribution < -0.4 is 10.5 Å². The van der Waals surface area contributed by atoms with E-state index in [0.717, 1.165) is 33.6 Å². The van der Waals surface area contributed by atoms with Gasteiger partial charge in [0.25, 0.3) is 0 Å². The summed E-state index contributed by atoms with van der Waals surface area (Å²) < 4.78 is 17.4. The number of rotatable bonds is 6. The van der Waals surface area contributed by atoms with Gasteiger partial charge >= 0.3 is 5.97 Å². The molecule has 1 aliphatic heterocycles. The molecule has 6 nitrogen and oxygen atoms in total. The minimum Gasteiger partial charge on any atom is -0.489 e. The van der Waals surface area contributed by atoms with E-state index in [0.29, 0.717) is 35.8 Å². The Balaban J connectivity index is 1.81. The normalized spacial score (nSPS) is 18.9. The highest BCUT2D eigenvalue weighted by Gasteiger charge is 2.45. The molecule has 2 aliphatic rings. The standard InChI is InChI=1S/C30H34ClNO5/c1-7-35-29(34)27-25(26-22(33)13-30(5,6)14-24(26)37-28(27)32)21-12-19(16(2)10-17(21)3)15-36-23-9-8-20(31)11-18(23)4/h8-12,25H,7,13-15,32H2,1-6H3/t25-/m0/s1. The highest BCUT2D eigenvalue weighted by molar-refractivity contribution is 6.30. The van der Waals surface area contributed by atoms with Crippen molar-refractivity contribution in [2.24, 2.45) is 11.1 Å². The first-order valence-corrected chi connectivity index (χ1v) is 12.9. The first-order valence-electron chi connectivity index (χ1n) is 12.5. The number of ketones is 1. The van der Waals surface area contributed by atoms with E-state index in [1.54, 1.807) is 13.0 Å². The smallest absolute Gasteiger partial charge is 0.340 e. The lowest BCUT2D eigenvalue weighted by Gasteiger charge is -2.38. The number of halogens is 1. The molecule has 2 N–H and O–H groups in total. The van der Waals surface area contributed by atoms with Crippen molar-refractivity contribution in [1.82, 2.24) is 0 Å². The number of carbonyl (C=O) groups is 2. The number of aryl methyl sites for hydroxylation is 3. The molecule has 0 bridgehead atoms. The predicted octanol–water partition coefficient (Wildman–Crippen LogP) is 6.33. The van der Waals surface area contributed by atoms with Gasteiger partial charge in [0, 0.05) is 23.4 Å². The molecule has 37 heavy (non-hydrogen) atoms. The Morgan fingerprint density at radius 2 is 1.84 bits per heavy atom. The summed E-state index contributed by atoms with van der Waals surface area (Å²) in [5.41, 5.74) is 11.4. The second kappa shape index (κ2) is 10.3. The molecule has 0 spiro atoms. The molecule has 2 aromatic carbocycles. The highest BCUT2D eigenvalue weighted by Crippen LogP contribution is 2.49. The number of allylic oxidation sites excluding steroid dienone is 2. The van der Waals surface area contributed by atoms with Crippen LogP contribution in [-0.2, 0) is 25.7 Å². The molecule has 196 valence electrons. The fourth-order valence-corrected chi connectivity index (χ4v) is 5.44. The fraction of sp³-hybridized carbons (Fsp3) is 0.400. The van der Waals surface area contributed by atoms with Gasteiger partial charge in [-0.1, -0.05) is 37.6 Å². The van der Waals surface area contributed by atoms with E-state index >= 15 is 0 Å². The maximum Gasteiger partial charge on any atom is 0.340 e. The van der Waals surface area contributed by atoms with Gasteiger partial charge in [-0.2, -0.15) is 0 Å². The Bertz CT molecular complexity index is 1340. The van der Waals surface area contributed by atoms with Crippen molar-refractivity contribution in [3.05, 3.63) is 86.0 Å². The third kappa shape index (κ3) is 5.40. The van der Waals surface area contributed by atoms with Crippen LogP contribution in [0.1, 0.15) is 67.3 Å². The van der Waals surface area contributed by atoms with Gasteiger partial charge in [-0.25, -0.2) is 4.79 Å². The topological polar surface area (TPSA) is 87.9 Å². The highest BCUT2D eigenvalue weighted by atomic mass is 35.5. The summed E-state index contributed by atoms with van der Waals surface area (Å²) in [6.45, 7) is 12.2. The Morgan fingerprint density at radius 3 is 2.51 bits per heavy atom. The molecule has 1 atom stereocenters. The summed E-state index contributed by atoms with van der Waals surface area (Å²) in [6.07, 6.45) is 0.913. The van der Waals surface area contributed by atoms with Crippen molar-refractivity contribution in [2.75, 3.05) is 6.61 Å². The van der Waals surface area contributed by atoms with E-state index in [2.05, 4.69) is 6.07 Å². The molecule has 0 saturated carbocycles. The number of Topliss-reactive ketones (excluding diaryl/α,β-unsaturated/α-hetero) is 1. The largest absolute Gasteiger partial charge is 0.489 e. The van der Waals surface area contributed by atoms with Gasteiger partial charge in [-0.15, -0.1) is 0 Å². The molecule has 0 radical (unpaired) electrons. The van der Waals surface area contributed by atoms with Crippen LogP contribution in [0.5, 0.6) is 5.75 Å². The number of hydrogen-bond donors (Lipinski definition) is 1. The average Bonchev–Trinajstić information content (AvgIpc) is 2.78. The predicted molar refractivity (Wildman–Crippen MR) is 143 cm³/mol. The summed E-state index contributed by atoms with van der Waals surface area (Å²) >= 11 is 6.09. The van der Waals surface area contributed by atoms with Crippen LogP contribution in [0.3, 0.4) is 0 Å². The van der Waals surface area contributed by atoms with E-state index < -0.39 is 11.9 Å². The lowest BCUT2D eigenvalue weighted by atomic mass is 9.69. The molecule has 0 aromatic heterocycles. The van der Waals surface area contributed by atoms with Crippen molar-refractivity contribution in [1.29, 1.82) is 0 Å². The zero-order valence-electron chi connectivity index (χ0n) is 22.3. The maximum atomic E-state index is 13.5. The zero-order valence-corrected chi connectivity index (χ0v) is 23.0. The second-order valence-corrected chi connectivity index (χ2v) is 11.1. The van der Waals surface area contributed by atoms with Crippen LogP contribution >= 0.6 is 11.6 Å². The lowest BCUT2D eigenvalue weighted by Crippen LogP contribution is -2.36. The Hall–Kier alpha value is -3.25. The van der Waals surface area contributed by atoms with Crippen LogP contribution in [0.4, 0.5) is 0 Å². The van der Waals surface area contributed by atoms with Crippen molar-refractivity contribution >= 4 is 23.4 Å². The van der Waals surface area contributed by atoms with Gasteiger partial charge in [0.2, 0.25) is 5.88 Å². The van der Waals surface area contributed by atoms with Gasteiger partial charge in [0.1, 0.15) is 23.7 Å². The third-order valence-electron chi connectivity index (χ3n) is 7.01. The average molecular weight is 524 g/mol. The second-order valence-electron chi connectivity index (χ2n) is 10.6. The van der Waals surface area contributed by atoms with Gasteiger partial charge in [0.05, 0.1) is 12.5 Å². The van der Waals surface area contributed by atoms with Crippen LogP contribution in [0, 0.1) is 26.2 Å². The van der Waals surface area contributed by atoms with Crippen LogP contribution in [0.15, 0.2) is 53.1 Å². The van der Waals surface area contributed by atoms with Crippen LogP contribution in [-0.4, -0.2) is 18.4 Å². The van der Waals surface area contributed by atoms with Gasteiger partial charge < -0.3 is 19.9 Å². The quantitative estimate of drug-likeness (QED) is 0.445. The lowest BCUT2D eigenvalue weighted by molar-refractivity contribution is -0.139. The molecule has 0 fully saturated rings. The number of ether oxygens (including phenoxy) is 3. The summed E-state index contributed by atoms with van der Waals surface area (Å²) in [6, 6.07) is 9.56. The van der Waals surface area contributed by atoms with Crippen molar-refractivity contribution < 1.29 is 23.8 Å². The van der Waals surface area contributed by atoms with E-state index in [1.165, 1.54) is 0 Å². The molecule has 0 amide bonds. The number of esters is 1. The van der Waals surface area contributed by atoms with Gasteiger partial charge in [-0.05, 0) is 79.1 Å². The molecule has 7 heteroatoms. The fourth-order valence-electron chi connectivity index (χ4n) is 5.22. The van der Waals surface area contributed by atoms with Crippen molar-refractivity contribution in [3.63, 3.8) is 0 Å². The summed E-state index contributed by atoms with van der Waals surface area (Å²) in [5, 5.41) is 0.651. The minimum absolute atomic E-state index is 0.0118. The summed E-state index contributed by atoms with van der Waals surface area (Å²) in [5.74, 6) is -0.0384. The van der Waals surface area contributed by atoms with Crippen LogP contribution in [0.2, 0.25) is 5.02 Å². The molecule has 4 rings (SSSR count). The molecule has 2 aromatic rings. The summed E-state index contributed by atoms with van der Waals surface area (Å²) in [7, 11) is 0. The third-order valence-corrected chi connectivity index (χ3v) is 7.24. The number of hydrogen-bond acceptors (Lipinski definition) is 6. The SMILES string of the molecule is CCOC(=O)C1=C(N)OC2=C(C(=O)CC(C)(C)C2)[C@@H]1c1cc(COc2ccc(Cl)cc2C)c(C)cc1C. The first kappa shape index (κ1) is 26.8. The Morgan fingerprint density at radius 1 is 1.11 bits per heavy atom. The van der Waals surface area contributed by atoms with E-state index in [1.807, 2.05) is 52.8 Å². The zero-order chi connectivity index (χ0) is 27.1. The number of nitrogens with two attached hydrogens (primary N) is 1. The molecule has 1 aliphatic carbocycles. The van der Waals surface area contributed by atoms with Crippen LogP contribution in [0.25, 0.3) is 0 Å². The van der Waals surface area contributed by atoms with Crippen molar-refractivity contribution in [2.45, 2.75) is 66.9 Å². The van der Waals surface area contributed by atoms with E-state index in [9.17, 15) is 9.59 Å².